The Morgan fingerprint density at radius 2 is 2.29 bits per heavy atom. The molecule has 1 amide bonds. The van der Waals surface area contributed by atoms with Gasteiger partial charge in [-0.2, -0.15) is 0 Å². The summed E-state index contributed by atoms with van der Waals surface area (Å²) in [5, 5.41) is 3.54. The molecule has 0 unspecified atom stereocenters. The number of nitrogens with one attached hydrogen (secondary N) is 1. The number of nitrogens with zero attached hydrogens (tertiary/aromatic N) is 1. The molecule has 0 bridgehead atoms. The molecule has 4 nitrogen and oxygen atoms in total. The van der Waals surface area contributed by atoms with Gasteiger partial charge in [-0.25, -0.2) is 0 Å². The number of benzene rings is 1. The van der Waals surface area contributed by atoms with Gasteiger partial charge in [-0.05, 0) is 36.8 Å². The standard InChI is InChI=1S/C15H12N2O2S2/c1-2-19-12-5-6-16-11-4-3-9(7-10(11)12)8-13-14(18)17-15(20)21-13/h3-8H,2H2,1H3,(H,17,18,20)/b13-8-. The highest BCUT2D eigenvalue weighted by molar-refractivity contribution is 8.26. The number of carbonyl (C=O) groups is 1. The fraction of sp³-hybridized carbons (Fsp3) is 0.133. The van der Waals surface area contributed by atoms with Crippen molar-refractivity contribution in [1.82, 2.24) is 10.3 Å². The smallest absolute Gasteiger partial charge is 0.263 e. The number of amides is 1. The van der Waals surface area contributed by atoms with Crippen LogP contribution < -0.4 is 10.1 Å². The minimum atomic E-state index is -0.152. The Balaban J connectivity index is 2.04. The lowest BCUT2D eigenvalue weighted by Gasteiger charge is -2.07. The Hall–Kier alpha value is -1.92. The first-order chi connectivity index (χ1) is 10.2. The van der Waals surface area contributed by atoms with Crippen LogP contribution in [-0.2, 0) is 4.79 Å². The van der Waals surface area contributed by atoms with Gasteiger partial charge in [-0.1, -0.05) is 30.0 Å². The van der Waals surface area contributed by atoms with Crippen LogP contribution in [0.25, 0.3) is 17.0 Å². The van der Waals surface area contributed by atoms with E-state index in [2.05, 4.69) is 10.3 Å². The van der Waals surface area contributed by atoms with Gasteiger partial charge in [0.25, 0.3) is 5.91 Å². The van der Waals surface area contributed by atoms with Gasteiger partial charge in [-0.3, -0.25) is 9.78 Å². The highest BCUT2D eigenvalue weighted by atomic mass is 32.2. The maximum absolute atomic E-state index is 11.7. The van der Waals surface area contributed by atoms with E-state index in [0.29, 0.717) is 15.8 Å². The van der Waals surface area contributed by atoms with Crippen molar-refractivity contribution in [3.63, 3.8) is 0 Å². The number of aromatic nitrogens is 1. The van der Waals surface area contributed by atoms with E-state index in [-0.39, 0.29) is 5.91 Å². The Bertz CT molecular complexity index is 771. The summed E-state index contributed by atoms with van der Waals surface area (Å²) >= 11 is 6.26. The topological polar surface area (TPSA) is 51.2 Å². The second-order valence-electron chi connectivity index (χ2n) is 4.37. The molecule has 1 saturated heterocycles. The van der Waals surface area contributed by atoms with Gasteiger partial charge in [-0.15, -0.1) is 0 Å². The number of hydrogen-bond donors (Lipinski definition) is 1. The summed E-state index contributed by atoms with van der Waals surface area (Å²) < 4.78 is 6.11. The molecule has 106 valence electrons. The molecule has 21 heavy (non-hydrogen) atoms. The van der Waals surface area contributed by atoms with Crippen molar-refractivity contribution in [2.45, 2.75) is 6.92 Å². The van der Waals surface area contributed by atoms with Crippen LogP contribution in [0.15, 0.2) is 35.4 Å². The maximum atomic E-state index is 11.7. The van der Waals surface area contributed by atoms with E-state index in [0.717, 1.165) is 22.2 Å². The number of carbonyl (C=O) groups excluding carboxylic acids is 1. The Morgan fingerprint density at radius 3 is 3.00 bits per heavy atom. The van der Waals surface area contributed by atoms with E-state index >= 15 is 0 Å². The van der Waals surface area contributed by atoms with E-state index in [1.54, 1.807) is 6.20 Å². The first-order valence-corrected chi connectivity index (χ1v) is 7.66. The summed E-state index contributed by atoms with van der Waals surface area (Å²) in [4.78, 5) is 16.6. The second kappa shape index (κ2) is 5.83. The Kier molecular flexibility index (Phi) is 3.90. The number of ether oxygens (including phenoxy) is 1. The fourth-order valence-corrected chi connectivity index (χ4v) is 3.13. The molecule has 0 radical (unpaired) electrons. The number of thioether (sulfide) groups is 1. The molecule has 1 aromatic heterocycles. The summed E-state index contributed by atoms with van der Waals surface area (Å²) in [5.74, 6) is 0.642. The van der Waals surface area contributed by atoms with Crippen LogP contribution in [0.5, 0.6) is 5.75 Å². The summed E-state index contributed by atoms with van der Waals surface area (Å²) in [5.41, 5.74) is 1.78. The van der Waals surface area contributed by atoms with Crippen molar-refractivity contribution < 1.29 is 9.53 Å². The lowest BCUT2D eigenvalue weighted by Crippen LogP contribution is -2.17. The highest BCUT2D eigenvalue weighted by Crippen LogP contribution is 2.29. The molecular formula is C15H12N2O2S2. The van der Waals surface area contributed by atoms with Crippen molar-refractivity contribution in [3.8, 4) is 5.75 Å². The van der Waals surface area contributed by atoms with Gasteiger partial charge in [0.1, 0.15) is 10.1 Å². The predicted molar refractivity (Wildman–Crippen MR) is 89.2 cm³/mol. The van der Waals surface area contributed by atoms with Crippen molar-refractivity contribution in [2.75, 3.05) is 6.61 Å². The molecule has 0 atom stereocenters. The zero-order valence-electron chi connectivity index (χ0n) is 11.3. The van der Waals surface area contributed by atoms with Crippen molar-refractivity contribution in [1.29, 1.82) is 0 Å². The normalized spacial score (nSPS) is 16.5. The van der Waals surface area contributed by atoms with Gasteiger partial charge in [0.05, 0.1) is 17.0 Å². The highest BCUT2D eigenvalue weighted by Gasteiger charge is 2.21. The van der Waals surface area contributed by atoms with Gasteiger partial charge >= 0.3 is 0 Å². The number of pyridine rings is 1. The SMILES string of the molecule is CCOc1ccnc2ccc(/C=C3\SC(=S)NC3=O)cc12. The minimum Gasteiger partial charge on any atom is -0.493 e. The first-order valence-electron chi connectivity index (χ1n) is 6.44. The van der Waals surface area contributed by atoms with Crippen molar-refractivity contribution in [3.05, 3.63) is 40.9 Å². The first kappa shape index (κ1) is 14.0. The Labute approximate surface area is 131 Å². The average molecular weight is 316 g/mol. The van der Waals surface area contributed by atoms with E-state index in [4.69, 9.17) is 17.0 Å². The molecule has 1 N–H and O–H groups in total. The largest absolute Gasteiger partial charge is 0.493 e. The molecule has 1 aliphatic rings. The third-order valence-electron chi connectivity index (χ3n) is 2.97. The van der Waals surface area contributed by atoms with Gasteiger partial charge in [0, 0.05) is 11.6 Å². The molecule has 2 aromatic rings. The number of rotatable bonds is 3. The number of thiocarbonyl (C=S) groups is 1. The van der Waals surface area contributed by atoms with Crippen LogP contribution in [-0.4, -0.2) is 21.8 Å². The minimum absolute atomic E-state index is 0.152. The van der Waals surface area contributed by atoms with Crippen molar-refractivity contribution in [2.24, 2.45) is 0 Å². The van der Waals surface area contributed by atoms with E-state index in [1.165, 1.54) is 11.8 Å². The van der Waals surface area contributed by atoms with Crippen LogP contribution in [0.1, 0.15) is 12.5 Å². The van der Waals surface area contributed by atoms with E-state index in [9.17, 15) is 4.79 Å². The van der Waals surface area contributed by atoms with Crippen molar-refractivity contribution >= 4 is 51.2 Å². The summed E-state index contributed by atoms with van der Waals surface area (Å²) in [6.07, 6.45) is 3.55. The van der Waals surface area contributed by atoms with E-state index in [1.807, 2.05) is 37.3 Å². The van der Waals surface area contributed by atoms with Crippen LogP contribution >= 0.6 is 24.0 Å². The molecule has 2 heterocycles. The second-order valence-corrected chi connectivity index (χ2v) is 6.09. The average Bonchev–Trinajstić information content (AvgIpc) is 2.78. The fourth-order valence-electron chi connectivity index (χ4n) is 2.08. The molecule has 6 heteroatoms. The molecule has 0 spiro atoms. The Morgan fingerprint density at radius 1 is 1.43 bits per heavy atom. The molecule has 3 rings (SSSR count). The van der Waals surface area contributed by atoms with Crippen LogP contribution in [0.3, 0.4) is 0 Å². The van der Waals surface area contributed by atoms with Gasteiger partial charge in [0.15, 0.2) is 0 Å². The number of hydrogen-bond acceptors (Lipinski definition) is 5. The van der Waals surface area contributed by atoms with Crippen LogP contribution in [0.2, 0.25) is 0 Å². The lowest BCUT2D eigenvalue weighted by molar-refractivity contribution is -0.115. The molecule has 0 saturated carbocycles. The molecule has 1 aliphatic heterocycles. The molecule has 1 fully saturated rings. The number of fused-ring (bicyclic) bond motifs is 1. The molecule has 0 aliphatic carbocycles. The molecular weight excluding hydrogens is 304 g/mol. The van der Waals surface area contributed by atoms with Crippen LogP contribution in [0.4, 0.5) is 0 Å². The zero-order valence-corrected chi connectivity index (χ0v) is 12.9. The summed E-state index contributed by atoms with van der Waals surface area (Å²) in [6.45, 7) is 2.54. The van der Waals surface area contributed by atoms with Crippen LogP contribution in [0, 0.1) is 0 Å². The zero-order chi connectivity index (χ0) is 14.8. The van der Waals surface area contributed by atoms with Gasteiger partial charge in [0.2, 0.25) is 0 Å². The summed E-state index contributed by atoms with van der Waals surface area (Å²) in [6, 6.07) is 7.65. The maximum Gasteiger partial charge on any atom is 0.263 e. The van der Waals surface area contributed by atoms with E-state index < -0.39 is 0 Å². The monoisotopic (exact) mass is 316 g/mol. The quantitative estimate of drug-likeness (QED) is 0.696. The predicted octanol–water partition coefficient (Wildman–Crippen LogP) is 3.12. The van der Waals surface area contributed by atoms with Gasteiger partial charge < -0.3 is 10.1 Å². The third kappa shape index (κ3) is 2.91. The molecule has 1 aromatic carbocycles. The lowest BCUT2D eigenvalue weighted by atomic mass is 10.1. The summed E-state index contributed by atoms with van der Waals surface area (Å²) in [7, 11) is 0. The third-order valence-corrected chi connectivity index (χ3v) is 4.13.